The number of hydrogen-bond donors (Lipinski definition) is 2. The molecule has 2 N–H and O–H groups in total. The van der Waals surface area contributed by atoms with Gasteiger partial charge in [-0.3, -0.25) is 9.59 Å². The molecule has 0 radical (unpaired) electrons. The second-order valence-corrected chi connectivity index (χ2v) is 5.84. The molecule has 1 saturated heterocycles. The summed E-state index contributed by atoms with van der Waals surface area (Å²) in [4.78, 5) is 25.0. The third-order valence-electron chi connectivity index (χ3n) is 4.32. The summed E-state index contributed by atoms with van der Waals surface area (Å²) in [5, 5.41) is 2.87. The van der Waals surface area contributed by atoms with Gasteiger partial charge in [-0.05, 0) is 12.1 Å². The minimum absolute atomic E-state index is 0.0414. The SMILES string of the molecule is COC(=O)C1CC[NH+](CC(=O)Nc2cc(OC)ccc2OC)CC1. The lowest BCUT2D eigenvalue weighted by atomic mass is 9.97. The molecule has 1 aromatic carbocycles. The number of carbonyl (C=O) groups excluding carboxylic acids is 2. The van der Waals surface area contributed by atoms with E-state index < -0.39 is 0 Å². The molecule has 0 spiro atoms. The van der Waals surface area contributed by atoms with Crippen molar-refractivity contribution in [3.63, 3.8) is 0 Å². The maximum Gasteiger partial charge on any atom is 0.309 e. The summed E-state index contributed by atoms with van der Waals surface area (Å²) in [6.45, 7) is 1.92. The monoisotopic (exact) mass is 337 g/mol. The van der Waals surface area contributed by atoms with Crippen LogP contribution >= 0.6 is 0 Å². The number of quaternary nitrogens is 1. The smallest absolute Gasteiger partial charge is 0.309 e. The molecule has 132 valence electrons. The molecular weight excluding hydrogens is 312 g/mol. The number of likely N-dealkylation sites (tertiary alicyclic amines) is 1. The molecule has 1 fully saturated rings. The Hall–Kier alpha value is -2.28. The molecule has 1 aromatic rings. The summed E-state index contributed by atoms with van der Waals surface area (Å²) in [6, 6.07) is 5.26. The highest BCUT2D eigenvalue weighted by Gasteiger charge is 2.29. The molecule has 0 unspecified atom stereocenters. The highest BCUT2D eigenvalue weighted by atomic mass is 16.5. The van der Waals surface area contributed by atoms with Crippen molar-refractivity contribution < 1.29 is 28.7 Å². The maximum absolute atomic E-state index is 12.3. The Morgan fingerprint density at radius 3 is 2.46 bits per heavy atom. The summed E-state index contributed by atoms with van der Waals surface area (Å²) in [5.41, 5.74) is 0.589. The number of benzene rings is 1. The summed E-state index contributed by atoms with van der Waals surface area (Å²) < 4.78 is 15.2. The second-order valence-electron chi connectivity index (χ2n) is 5.84. The molecule has 1 heterocycles. The molecule has 1 amide bonds. The lowest BCUT2D eigenvalue weighted by molar-refractivity contribution is -0.897. The van der Waals surface area contributed by atoms with Crippen molar-refractivity contribution in [3.8, 4) is 11.5 Å². The molecule has 24 heavy (non-hydrogen) atoms. The first kappa shape index (κ1) is 18.1. The first-order valence-corrected chi connectivity index (χ1v) is 8.00. The molecule has 7 heteroatoms. The number of rotatable bonds is 6. The highest BCUT2D eigenvalue weighted by Crippen LogP contribution is 2.28. The lowest BCUT2D eigenvalue weighted by Crippen LogP contribution is -3.14. The lowest BCUT2D eigenvalue weighted by Gasteiger charge is -2.27. The van der Waals surface area contributed by atoms with E-state index in [0.717, 1.165) is 30.8 Å². The Morgan fingerprint density at radius 2 is 1.88 bits per heavy atom. The number of anilines is 1. The fourth-order valence-corrected chi connectivity index (χ4v) is 2.94. The molecule has 7 nitrogen and oxygen atoms in total. The Morgan fingerprint density at radius 1 is 1.17 bits per heavy atom. The fourth-order valence-electron chi connectivity index (χ4n) is 2.94. The van der Waals surface area contributed by atoms with Gasteiger partial charge in [-0.2, -0.15) is 0 Å². The minimum Gasteiger partial charge on any atom is -0.497 e. The van der Waals surface area contributed by atoms with E-state index in [1.807, 2.05) is 0 Å². The van der Waals surface area contributed by atoms with Crippen LogP contribution in [0.15, 0.2) is 18.2 Å². The highest BCUT2D eigenvalue weighted by molar-refractivity contribution is 5.93. The number of ether oxygens (including phenoxy) is 3. The fraction of sp³-hybridized carbons (Fsp3) is 0.529. The van der Waals surface area contributed by atoms with Crippen LogP contribution in [-0.2, 0) is 14.3 Å². The first-order valence-electron chi connectivity index (χ1n) is 8.00. The zero-order chi connectivity index (χ0) is 17.5. The van der Waals surface area contributed by atoms with E-state index in [1.165, 1.54) is 7.11 Å². The van der Waals surface area contributed by atoms with E-state index in [1.54, 1.807) is 32.4 Å². The maximum atomic E-state index is 12.3. The molecule has 2 rings (SSSR count). The zero-order valence-corrected chi connectivity index (χ0v) is 14.4. The summed E-state index contributed by atoms with van der Waals surface area (Å²) >= 11 is 0. The zero-order valence-electron chi connectivity index (χ0n) is 14.4. The number of carbonyl (C=O) groups is 2. The van der Waals surface area contributed by atoms with E-state index >= 15 is 0 Å². The average molecular weight is 337 g/mol. The number of methoxy groups -OCH3 is 3. The predicted octanol–water partition coefficient (Wildman–Crippen LogP) is 0.110. The minimum atomic E-state index is -0.153. The molecule has 0 bridgehead atoms. The largest absolute Gasteiger partial charge is 0.497 e. The molecule has 0 aromatic heterocycles. The van der Waals surface area contributed by atoms with Gasteiger partial charge in [-0.25, -0.2) is 0 Å². The number of hydrogen-bond acceptors (Lipinski definition) is 5. The van der Waals surface area contributed by atoms with Gasteiger partial charge in [0.15, 0.2) is 6.54 Å². The number of amides is 1. The van der Waals surface area contributed by atoms with Gasteiger partial charge in [0.05, 0.1) is 46.0 Å². The average Bonchev–Trinajstić information content (AvgIpc) is 2.61. The van der Waals surface area contributed by atoms with Crippen molar-refractivity contribution in [2.24, 2.45) is 5.92 Å². The van der Waals surface area contributed by atoms with Gasteiger partial charge < -0.3 is 24.4 Å². The predicted molar refractivity (Wildman–Crippen MR) is 88.5 cm³/mol. The van der Waals surface area contributed by atoms with Crippen LogP contribution in [-0.4, -0.2) is 52.8 Å². The third kappa shape index (κ3) is 4.61. The van der Waals surface area contributed by atoms with Gasteiger partial charge in [0.1, 0.15) is 11.5 Å². The van der Waals surface area contributed by atoms with Crippen molar-refractivity contribution in [3.05, 3.63) is 18.2 Å². The topological polar surface area (TPSA) is 78.3 Å². The van der Waals surface area contributed by atoms with Gasteiger partial charge in [0, 0.05) is 18.9 Å². The standard InChI is InChI=1S/C17H24N2O5/c1-22-13-4-5-15(23-2)14(10-13)18-16(20)11-19-8-6-12(7-9-19)17(21)24-3/h4-5,10,12H,6-9,11H2,1-3H3,(H,18,20)/p+1. The first-order chi connectivity index (χ1) is 11.6. The molecule has 0 saturated carbocycles. The van der Waals surface area contributed by atoms with Crippen molar-refractivity contribution in [1.29, 1.82) is 0 Å². The van der Waals surface area contributed by atoms with E-state index in [9.17, 15) is 9.59 Å². The number of piperidine rings is 1. The van der Waals surface area contributed by atoms with Crippen molar-refractivity contribution in [1.82, 2.24) is 0 Å². The van der Waals surface area contributed by atoms with E-state index in [-0.39, 0.29) is 17.8 Å². The van der Waals surface area contributed by atoms with Gasteiger partial charge in [0.2, 0.25) is 0 Å². The number of esters is 1. The van der Waals surface area contributed by atoms with E-state index in [4.69, 9.17) is 14.2 Å². The van der Waals surface area contributed by atoms with Crippen LogP contribution in [0.25, 0.3) is 0 Å². The van der Waals surface area contributed by atoms with Gasteiger partial charge in [-0.15, -0.1) is 0 Å². The quantitative estimate of drug-likeness (QED) is 0.721. The molecular formula is C17H25N2O5+. The van der Waals surface area contributed by atoms with Crippen LogP contribution in [0.1, 0.15) is 12.8 Å². The van der Waals surface area contributed by atoms with Crippen LogP contribution in [0, 0.1) is 5.92 Å². The third-order valence-corrected chi connectivity index (χ3v) is 4.32. The Labute approximate surface area is 141 Å². The van der Waals surface area contributed by atoms with Crippen molar-refractivity contribution in [2.45, 2.75) is 12.8 Å². The molecule has 0 aliphatic carbocycles. The Balaban J connectivity index is 1.89. The van der Waals surface area contributed by atoms with Crippen LogP contribution < -0.4 is 19.7 Å². The number of nitrogens with one attached hydrogen (secondary N) is 2. The van der Waals surface area contributed by atoms with Crippen LogP contribution in [0.3, 0.4) is 0 Å². The molecule has 0 atom stereocenters. The molecule has 1 aliphatic heterocycles. The van der Waals surface area contributed by atoms with Crippen LogP contribution in [0.2, 0.25) is 0 Å². The van der Waals surface area contributed by atoms with Crippen LogP contribution in [0.4, 0.5) is 5.69 Å². The van der Waals surface area contributed by atoms with E-state index in [0.29, 0.717) is 23.7 Å². The summed E-state index contributed by atoms with van der Waals surface area (Å²) in [6.07, 6.45) is 1.50. The Bertz CT molecular complexity index is 582. The van der Waals surface area contributed by atoms with E-state index in [2.05, 4.69) is 5.32 Å². The van der Waals surface area contributed by atoms with Gasteiger partial charge in [0.25, 0.3) is 5.91 Å². The normalized spacial score (nSPS) is 20.1. The molecule has 1 aliphatic rings. The van der Waals surface area contributed by atoms with Gasteiger partial charge >= 0.3 is 5.97 Å². The summed E-state index contributed by atoms with van der Waals surface area (Å²) in [7, 11) is 4.54. The van der Waals surface area contributed by atoms with Crippen molar-refractivity contribution in [2.75, 3.05) is 46.3 Å². The second kappa shape index (κ2) is 8.54. The summed E-state index contributed by atoms with van der Waals surface area (Å²) in [5.74, 6) is 0.953. The van der Waals surface area contributed by atoms with Crippen LogP contribution in [0.5, 0.6) is 11.5 Å². The van der Waals surface area contributed by atoms with Gasteiger partial charge in [-0.1, -0.05) is 0 Å². The van der Waals surface area contributed by atoms with Crippen molar-refractivity contribution >= 4 is 17.6 Å². The Kier molecular flexibility index (Phi) is 6.43.